The van der Waals surface area contributed by atoms with Crippen molar-refractivity contribution in [2.75, 3.05) is 26.1 Å². The summed E-state index contributed by atoms with van der Waals surface area (Å²) in [6, 6.07) is 0. The van der Waals surface area contributed by atoms with E-state index < -0.39 is 11.2 Å². The molecular formula is C11H17N5O4. The van der Waals surface area contributed by atoms with Gasteiger partial charge >= 0.3 is 0 Å². The highest BCUT2D eigenvalue weighted by atomic mass is 16.5. The van der Waals surface area contributed by atoms with E-state index in [2.05, 4.69) is 15.0 Å². The summed E-state index contributed by atoms with van der Waals surface area (Å²) in [4.78, 5) is 22.0. The van der Waals surface area contributed by atoms with Crippen LogP contribution in [-0.4, -0.2) is 55.7 Å². The molecule has 20 heavy (non-hydrogen) atoms. The van der Waals surface area contributed by atoms with Crippen LogP contribution in [0.4, 0.5) is 5.95 Å². The number of H-pyrrole nitrogens is 1. The van der Waals surface area contributed by atoms with E-state index in [4.69, 9.17) is 10.5 Å². The molecule has 2 aromatic rings. The molecule has 0 amide bonds. The summed E-state index contributed by atoms with van der Waals surface area (Å²) in [5.41, 5.74) is 4.60. The SMILES string of the molecule is COC(CO)(CO)CCn1cnc2c(=O)[nH]c(N)nc21. The maximum Gasteiger partial charge on any atom is 0.280 e. The Morgan fingerprint density at radius 3 is 2.80 bits per heavy atom. The molecule has 0 aliphatic heterocycles. The van der Waals surface area contributed by atoms with Crippen LogP contribution in [0.1, 0.15) is 6.42 Å². The Bertz CT molecular complexity index is 638. The van der Waals surface area contributed by atoms with Gasteiger partial charge in [0.1, 0.15) is 5.60 Å². The summed E-state index contributed by atoms with van der Waals surface area (Å²) in [6.45, 7) is -0.271. The Kier molecular flexibility index (Phi) is 4.02. The molecule has 0 fully saturated rings. The van der Waals surface area contributed by atoms with Crippen LogP contribution in [0.3, 0.4) is 0 Å². The van der Waals surface area contributed by atoms with Crippen molar-refractivity contribution >= 4 is 17.1 Å². The molecule has 0 aromatic carbocycles. The molecule has 0 unspecified atom stereocenters. The molecule has 0 bridgehead atoms. The average Bonchev–Trinajstić information content (AvgIpc) is 2.84. The first-order valence-corrected chi connectivity index (χ1v) is 6.03. The van der Waals surface area contributed by atoms with Crippen molar-refractivity contribution in [3.05, 3.63) is 16.7 Å². The summed E-state index contributed by atoms with van der Waals surface area (Å²) in [6.07, 6.45) is 1.79. The molecule has 0 radical (unpaired) electrons. The second kappa shape index (κ2) is 5.57. The zero-order chi connectivity index (χ0) is 14.8. The highest BCUT2D eigenvalue weighted by Gasteiger charge is 2.28. The third kappa shape index (κ3) is 2.50. The number of hydrogen-bond acceptors (Lipinski definition) is 7. The third-order valence-corrected chi connectivity index (χ3v) is 3.31. The molecule has 2 heterocycles. The van der Waals surface area contributed by atoms with Gasteiger partial charge in [-0.05, 0) is 6.42 Å². The fourth-order valence-corrected chi connectivity index (χ4v) is 1.90. The number of nitrogen functional groups attached to an aromatic ring is 1. The van der Waals surface area contributed by atoms with Crippen molar-refractivity contribution in [3.63, 3.8) is 0 Å². The van der Waals surface area contributed by atoms with E-state index in [1.807, 2.05) is 0 Å². The smallest absolute Gasteiger partial charge is 0.280 e. The van der Waals surface area contributed by atoms with Crippen molar-refractivity contribution in [1.82, 2.24) is 19.5 Å². The van der Waals surface area contributed by atoms with E-state index in [9.17, 15) is 15.0 Å². The van der Waals surface area contributed by atoms with Gasteiger partial charge < -0.3 is 25.3 Å². The monoisotopic (exact) mass is 283 g/mol. The quantitative estimate of drug-likeness (QED) is 0.504. The molecule has 0 saturated heterocycles. The van der Waals surface area contributed by atoms with Crippen LogP contribution in [0.5, 0.6) is 0 Å². The number of aromatic amines is 1. The largest absolute Gasteiger partial charge is 0.393 e. The summed E-state index contributed by atoms with van der Waals surface area (Å²) < 4.78 is 6.77. The molecular weight excluding hydrogens is 266 g/mol. The number of ether oxygens (including phenoxy) is 1. The van der Waals surface area contributed by atoms with Gasteiger partial charge in [0.05, 0.1) is 19.5 Å². The van der Waals surface area contributed by atoms with Gasteiger partial charge in [-0.2, -0.15) is 4.98 Å². The van der Waals surface area contributed by atoms with Crippen LogP contribution in [0.15, 0.2) is 11.1 Å². The van der Waals surface area contributed by atoms with Gasteiger partial charge in [0.15, 0.2) is 11.2 Å². The van der Waals surface area contributed by atoms with Gasteiger partial charge in [-0.3, -0.25) is 9.78 Å². The molecule has 2 aromatic heterocycles. The molecule has 0 atom stereocenters. The molecule has 2 rings (SSSR count). The predicted molar refractivity (Wildman–Crippen MR) is 71.1 cm³/mol. The topological polar surface area (TPSA) is 139 Å². The van der Waals surface area contributed by atoms with E-state index in [0.29, 0.717) is 18.6 Å². The number of rotatable bonds is 6. The van der Waals surface area contributed by atoms with Gasteiger partial charge in [0, 0.05) is 13.7 Å². The van der Waals surface area contributed by atoms with Crippen molar-refractivity contribution in [2.45, 2.75) is 18.6 Å². The molecule has 9 heteroatoms. The standard InChI is InChI=1S/C11H17N5O4/c1-20-11(4-17,5-18)2-3-16-6-13-7-8(16)14-10(12)15-9(7)19/h6,17-18H,2-5H2,1H3,(H3,12,14,15,19). The number of nitrogens with zero attached hydrogens (tertiary/aromatic N) is 3. The minimum Gasteiger partial charge on any atom is -0.393 e. The Balaban J connectivity index is 2.29. The molecule has 110 valence electrons. The number of nitrogens with two attached hydrogens (primary N) is 1. The summed E-state index contributed by atoms with van der Waals surface area (Å²) in [5.74, 6) is 0.00608. The van der Waals surface area contributed by atoms with E-state index in [1.165, 1.54) is 13.4 Å². The van der Waals surface area contributed by atoms with Gasteiger partial charge in [-0.1, -0.05) is 0 Å². The Morgan fingerprint density at radius 2 is 2.20 bits per heavy atom. The van der Waals surface area contributed by atoms with E-state index in [-0.39, 0.29) is 24.7 Å². The van der Waals surface area contributed by atoms with Gasteiger partial charge in [-0.15, -0.1) is 0 Å². The van der Waals surface area contributed by atoms with E-state index >= 15 is 0 Å². The van der Waals surface area contributed by atoms with Gasteiger partial charge in [0.25, 0.3) is 5.56 Å². The number of methoxy groups -OCH3 is 1. The summed E-state index contributed by atoms with van der Waals surface area (Å²) >= 11 is 0. The first kappa shape index (κ1) is 14.4. The number of fused-ring (bicyclic) bond motifs is 1. The summed E-state index contributed by atoms with van der Waals surface area (Å²) in [7, 11) is 1.42. The predicted octanol–water partition coefficient (Wildman–Crippen LogP) is -1.54. The van der Waals surface area contributed by atoms with E-state index in [1.54, 1.807) is 4.57 Å². The lowest BCUT2D eigenvalue weighted by Gasteiger charge is -2.28. The highest BCUT2D eigenvalue weighted by Crippen LogP contribution is 2.17. The molecule has 0 aliphatic rings. The maximum atomic E-state index is 11.6. The molecule has 0 aliphatic carbocycles. The zero-order valence-electron chi connectivity index (χ0n) is 11.0. The number of imidazole rings is 1. The van der Waals surface area contributed by atoms with Crippen LogP contribution in [0.25, 0.3) is 11.2 Å². The van der Waals surface area contributed by atoms with Gasteiger partial charge in [0.2, 0.25) is 5.95 Å². The highest BCUT2D eigenvalue weighted by molar-refractivity contribution is 5.70. The molecule has 0 saturated carbocycles. The Labute approximate surface area is 114 Å². The van der Waals surface area contributed by atoms with Crippen LogP contribution in [-0.2, 0) is 11.3 Å². The van der Waals surface area contributed by atoms with Gasteiger partial charge in [-0.25, -0.2) is 4.98 Å². The summed E-state index contributed by atoms with van der Waals surface area (Å²) in [5, 5.41) is 18.6. The first-order valence-electron chi connectivity index (χ1n) is 6.03. The van der Waals surface area contributed by atoms with Crippen molar-refractivity contribution in [1.29, 1.82) is 0 Å². The second-order valence-corrected chi connectivity index (χ2v) is 4.51. The lowest BCUT2D eigenvalue weighted by atomic mass is 10.0. The van der Waals surface area contributed by atoms with Crippen LogP contribution >= 0.6 is 0 Å². The number of aryl methyl sites for hydroxylation is 1. The first-order chi connectivity index (χ1) is 9.55. The number of aliphatic hydroxyl groups excluding tert-OH is 2. The molecule has 5 N–H and O–H groups in total. The number of anilines is 1. The number of hydrogen-bond donors (Lipinski definition) is 4. The fraction of sp³-hybridized carbons (Fsp3) is 0.545. The zero-order valence-corrected chi connectivity index (χ0v) is 11.0. The third-order valence-electron chi connectivity index (χ3n) is 3.31. The number of aliphatic hydroxyl groups is 2. The van der Waals surface area contributed by atoms with Crippen LogP contribution in [0.2, 0.25) is 0 Å². The van der Waals surface area contributed by atoms with Crippen molar-refractivity contribution in [3.8, 4) is 0 Å². The average molecular weight is 283 g/mol. The van der Waals surface area contributed by atoms with Crippen molar-refractivity contribution < 1.29 is 14.9 Å². The lowest BCUT2D eigenvalue weighted by Crippen LogP contribution is -2.40. The minimum absolute atomic E-state index is 0.00608. The van der Waals surface area contributed by atoms with E-state index in [0.717, 1.165) is 0 Å². The van der Waals surface area contributed by atoms with Crippen molar-refractivity contribution in [2.24, 2.45) is 0 Å². The maximum absolute atomic E-state index is 11.6. The second-order valence-electron chi connectivity index (χ2n) is 4.51. The van der Waals surface area contributed by atoms with Crippen LogP contribution < -0.4 is 11.3 Å². The Morgan fingerprint density at radius 1 is 1.50 bits per heavy atom. The lowest BCUT2D eigenvalue weighted by molar-refractivity contribution is -0.0918. The normalized spacial score (nSPS) is 12.2. The minimum atomic E-state index is -1.04. The number of aromatic nitrogens is 4. The fourth-order valence-electron chi connectivity index (χ4n) is 1.90. The number of nitrogens with one attached hydrogen (secondary N) is 1. The Hall–Kier alpha value is -1.97. The van der Waals surface area contributed by atoms with Crippen LogP contribution in [0, 0.1) is 0 Å². The molecule has 9 nitrogen and oxygen atoms in total. The molecule has 0 spiro atoms.